The van der Waals surface area contributed by atoms with Crippen LogP contribution < -0.4 is 4.72 Å². The van der Waals surface area contributed by atoms with Crippen LogP contribution in [0.3, 0.4) is 0 Å². The van der Waals surface area contributed by atoms with E-state index in [1.807, 2.05) is 13.8 Å². The summed E-state index contributed by atoms with van der Waals surface area (Å²) >= 11 is 5.32. The lowest BCUT2D eigenvalue weighted by Crippen LogP contribution is -2.47. The molecule has 0 bridgehead atoms. The molecule has 1 heterocycles. The molecule has 0 saturated carbocycles. The minimum atomic E-state index is -3.36. The number of hydrogen-bond donors (Lipinski definition) is 1. The van der Waals surface area contributed by atoms with Gasteiger partial charge in [0.2, 0.25) is 15.9 Å². The van der Waals surface area contributed by atoms with E-state index in [0.717, 1.165) is 0 Å². The van der Waals surface area contributed by atoms with Crippen molar-refractivity contribution in [3.05, 3.63) is 0 Å². The molecule has 100 valence electrons. The molecular formula is C10H19ClN2O3S. The number of hydrogen-bond acceptors (Lipinski definition) is 3. The first-order valence-electron chi connectivity index (χ1n) is 5.70. The van der Waals surface area contributed by atoms with Gasteiger partial charge in [-0.05, 0) is 12.8 Å². The van der Waals surface area contributed by atoms with Gasteiger partial charge in [-0.3, -0.25) is 4.79 Å². The number of rotatable bonds is 4. The molecule has 0 aromatic heterocycles. The topological polar surface area (TPSA) is 66.5 Å². The number of sulfonamides is 1. The maximum absolute atomic E-state index is 11.7. The maximum atomic E-state index is 11.7. The van der Waals surface area contributed by atoms with Crippen molar-refractivity contribution in [1.82, 2.24) is 9.62 Å². The summed E-state index contributed by atoms with van der Waals surface area (Å²) in [5.41, 5.74) is 0. The Balaban J connectivity index is 2.44. The summed E-state index contributed by atoms with van der Waals surface area (Å²) in [5, 5.41) is -0.419. The van der Waals surface area contributed by atoms with Gasteiger partial charge in [0.25, 0.3) is 0 Å². The Kier molecular flexibility index (Phi) is 5.22. The lowest BCUT2D eigenvalue weighted by molar-refractivity contribution is -0.135. The Morgan fingerprint density at radius 2 is 1.94 bits per heavy atom. The van der Waals surface area contributed by atoms with Gasteiger partial charge in [-0.15, -0.1) is 11.6 Å². The second kappa shape index (κ2) is 6.02. The van der Waals surface area contributed by atoms with Crippen LogP contribution in [-0.2, 0) is 14.8 Å². The molecule has 0 spiro atoms. The second-order valence-electron chi connectivity index (χ2n) is 4.60. The summed E-state index contributed by atoms with van der Waals surface area (Å²) in [6, 6.07) is -0.102. The quantitative estimate of drug-likeness (QED) is 0.774. The Bertz CT molecular complexity index is 362. The van der Waals surface area contributed by atoms with E-state index in [9.17, 15) is 13.2 Å². The number of alkyl halides is 1. The Morgan fingerprint density at radius 3 is 2.35 bits per heavy atom. The van der Waals surface area contributed by atoms with E-state index < -0.39 is 15.2 Å². The minimum Gasteiger partial charge on any atom is -0.342 e. The highest BCUT2D eigenvalue weighted by Gasteiger charge is 2.26. The maximum Gasteiger partial charge on any atom is 0.225 e. The van der Waals surface area contributed by atoms with Gasteiger partial charge in [-0.2, -0.15) is 0 Å². The van der Waals surface area contributed by atoms with E-state index in [1.165, 1.54) is 0 Å². The first-order chi connectivity index (χ1) is 7.85. The van der Waals surface area contributed by atoms with Crippen LogP contribution in [0.2, 0.25) is 0 Å². The van der Waals surface area contributed by atoms with Crippen molar-refractivity contribution in [3.8, 4) is 0 Å². The van der Waals surface area contributed by atoms with E-state index in [4.69, 9.17) is 11.6 Å². The molecule has 0 aromatic rings. The van der Waals surface area contributed by atoms with Crippen molar-refractivity contribution in [1.29, 1.82) is 0 Å². The van der Waals surface area contributed by atoms with Gasteiger partial charge in [0, 0.05) is 25.0 Å². The fourth-order valence-electron chi connectivity index (χ4n) is 1.87. The molecule has 0 aromatic carbocycles. The fourth-order valence-corrected chi connectivity index (χ4v) is 2.86. The SMILES string of the molecule is CC(C)C(=O)N1CCC(NS(=O)(=O)CCl)CC1. The van der Waals surface area contributed by atoms with Gasteiger partial charge < -0.3 is 4.90 Å². The Hall–Kier alpha value is -0.330. The highest BCUT2D eigenvalue weighted by Crippen LogP contribution is 2.14. The van der Waals surface area contributed by atoms with Gasteiger partial charge in [0.15, 0.2) is 0 Å². The zero-order chi connectivity index (χ0) is 13.1. The van der Waals surface area contributed by atoms with Gasteiger partial charge in [-0.1, -0.05) is 13.8 Å². The number of halogens is 1. The number of carbonyl (C=O) groups is 1. The smallest absolute Gasteiger partial charge is 0.225 e. The third-order valence-electron chi connectivity index (χ3n) is 2.79. The second-order valence-corrected chi connectivity index (χ2v) is 6.93. The zero-order valence-electron chi connectivity index (χ0n) is 10.1. The van der Waals surface area contributed by atoms with Crippen LogP contribution >= 0.6 is 11.6 Å². The summed E-state index contributed by atoms with van der Waals surface area (Å²) in [6.07, 6.45) is 1.29. The molecule has 1 fully saturated rings. The molecule has 5 nitrogen and oxygen atoms in total. The van der Waals surface area contributed by atoms with Crippen LogP contribution in [0.15, 0.2) is 0 Å². The summed E-state index contributed by atoms with van der Waals surface area (Å²) < 4.78 is 25.1. The predicted octanol–water partition coefficient (Wildman–Crippen LogP) is 0.749. The third-order valence-corrected chi connectivity index (χ3v) is 4.63. The van der Waals surface area contributed by atoms with Crippen LogP contribution in [0.25, 0.3) is 0 Å². The van der Waals surface area contributed by atoms with Crippen molar-refractivity contribution >= 4 is 27.5 Å². The summed E-state index contributed by atoms with van der Waals surface area (Å²) in [6.45, 7) is 4.94. The number of piperidine rings is 1. The molecule has 0 aliphatic carbocycles. The van der Waals surface area contributed by atoms with E-state index in [0.29, 0.717) is 25.9 Å². The lowest BCUT2D eigenvalue weighted by Gasteiger charge is -2.33. The average molecular weight is 283 g/mol. The van der Waals surface area contributed by atoms with Crippen molar-refractivity contribution in [2.45, 2.75) is 32.7 Å². The first-order valence-corrected chi connectivity index (χ1v) is 7.89. The van der Waals surface area contributed by atoms with Crippen molar-refractivity contribution in [3.63, 3.8) is 0 Å². The standard InChI is InChI=1S/C10H19ClN2O3S/c1-8(2)10(14)13-5-3-9(4-6-13)12-17(15,16)7-11/h8-9,12H,3-7H2,1-2H3. The predicted molar refractivity (Wildman–Crippen MR) is 67.2 cm³/mol. The van der Waals surface area contributed by atoms with Crippen LogP contribution in [0.5, 0.6) is 0 Å². The van der Waals surface area contributed by atoms with Crippen LogP contribution in [-0.4, -0.2) is 43.6 Å². The third kappa shape index (κ3) is 4.44. The fraction of sp³-hybridized carbons (Fsp3) is 0.900. The van der Waals surface area contributed by atoms with Crippen molar-refractivity contribution in [2.75, 3.05) is 18.3 Å². The molecule has 0 atom stereocenters. The molecule has 1 amide bonds. The summed E-state index contributed by atoms with van der Waals surface area (Å²) in [5.74, 6) is 0.120. The molecule has 1 saturated heterocycles. The van der Waals surface area contributed by atoms with E-state index >= 15 is 0 Å². The van der Waals surface area contributed by atoms with Gasteiger partial charge >= 0.3 is 0 Å². The highest BCUT2D eigenvalue weighted by atomic mass is 35.5. The molecule has 1 rings (SSSR count). The lowest BCUT2D eigenvalue weighted by atomic mass is 10.0. The molecule has 1 aliphatic heterocycles. The number of nitrogens with one attached hydrogen (secondary N) is 1. The number of amides is 1. The van der Waals surface area contributed by atoms with Crippen molar-refractivity contribution < 1.29 is 13.2 Å². The Labute approximate surface area is 108 Å². The van der Waals surface area contributed by atoms with E-state index in [-0.39, 0.29) is 17.9 Å². The molecule has 0 unspecified atom stereocenters. The number of carbonyl (C=O) groups excluding carboxylic acids is 1. The zero-order valence-corrected chi connectivity index (χ0v) is 11.7. The number of likely N-dealkylation sites (tertiary alicyclic amines) is 1. The first kappa shape index (κ1) is 14.7. The van der Waals surface area contributed by atoms with Crippen LogP contribution in [0.4, 0.5) is 0 Å². The highest BCUT2D eigenvalue weighted by molar-refractivity contribution is 7.90. The van der Waals surface area contributed by atoms with Crippen molar-refractivity contribution in [2.24, 2.45) is 5.92 Å². The molecule has 17 heavy (non-hydrogen) atoms. The van der Waals surface area contributed by atoms with Gasteiger partial charge in [-0.25, -0.2) is 13.1 Å². The Morgan fingerprint density at radius 1 is 1.41 bits per heavy atom. The monoisotopic (exact) mass is 282 g/mol. The normalized spacial score (nSPS) is 18.7. The van der Waals surface area contributed by atoms with E-state index in [1.54, 1.807) is 4.90 Å². The minimum absolute atomic E-state index is 0.00826. The van der Waals surface area contributed by atoms with Gasteiger partial charge in [0.05, 0.1) is 0 Å². The summed E-state index contributed by atoms with van der Waals surface area (Å²) in [4.78, 5) is 13.5. The summed E-state index contributed by atoms with van der Waals surface area (Å²) in [7, 11) is -3.36. The largest absolute Gasteiger partial charge is 0.342 e. The molecule has 1 aliphatic rings. The molecule has 0 radical (unpaired) electrons. The van der Waals surface area contributed by atoms with E-state index in [2.05, 4.69) is 4.72 Å². The number of nitrogens with zero attached hydrogens (tertiary/aromatic N) is 1. The van der Waals surface area contributed by atoms with Crippen LogP contribution in [0, 0.1) is 5.92 Å². The molecular weight excluding hydrogens is 264 g/mol. The average Bonchev–Trinajstić information content (AvgIpc) is 2.28. The molecule has 7 heteroatoms. The van der Waals surface area contributed by atoms with Crippen LogP contribution in [0.1, 0.15) is 26.7 Å². The van der Waals surface area contributed by atoms with Gasteiger partial charge in [0.1, 0.15) is 5.21 Å². The molecule has 1 N–H and O–H groups in total.